The zero-order valence-electron chi connectivity index (χ0n) is 51.3. The lowest BCUT2D eigenvalue weighted by molar-refractivity contribution is -0.258. The molecule has 0 aliphatic heterocycles. The fourth-order valence-corrected chi connectivity index (χ4v) is 12.3. The molecule has 0 rings (SSSR count). The minimum Gasteiger partial charge on any atom is -0.393 e. The number of aliphatic hydroxyl groups is 4. The monoisotopic (exact) mass is 1050 g/mol. The quantitative estimate of drug-likeness (QED) is 0.0455. The number of hydrogen-bond acceptors (Lipinski definition) is 5. The molecular formula is C69H138O5. The highest BCUT2D eigenvalue weighted by Gasteiger charge is 2.63. The molecule has 0 saturated heterocycles. The molecule has 0 radical (unpaired) electrons. The first-order chi connectivity index (χ1) is 36.2. The summed E-state index contributed by atoms with van der Waals surface area (Å²) in [5.41, 5.74) is -6.15. The molecule has 0 bridgehead atoms. The molecule has 4 N–H and O–H groups in total. The maximum Gasteiger partial charge on any atom is 0.167 e. The Morgan fingerprint density at radius 1 is 0.257 bits per heavy atom. The summed E-state index contributed by atoms with van der Waals surface area (Å²) in [5.74, 6) is -0.313. The van der Waals surface area contributed by atoms with E-state index in [9.17, 15) is 25.2 Å². The van der Waals surface area contributed by atoms with E-state index in [1.165, 1.54) is 263 Å². The Morgan fingerprint density at radius 2 is 0.446 bits per heavy atom. The zero-order chi connectivity index (χ0) is 54.2. The fourth-order valence-electron chi connectivity index (χ4n) is 12.3. The van der Waals surface area contributed by atoms with E-state index in [0.717, 1.165) is 70.6 Å². The van der Waals surface area contributed by atoms with E-state index in [-0.39, 0.29) is 31.5 Å². The Labute approximate surface area is 465 Å². The number of hydrogen-bond donors (Lipinski definition) is 4. The predicted octanol–water partition coefficient (Wildman–Crippen LogP) is 22.2. The number of carbonyl (C=O) groups excluding carboxylic acids is 1. The van der Waals surface area contributed by atoms with Gasteiger partial charge in [0.15, 0.2) is 11.4 Å². The molecule has 0 spiro atoms. The lowest BCUT2D eigenvalue weighted by atomic mass is 9.62. The van der Waals surface area contributed by atoms with Gasteiger partial charge in [0.05, 0.1) is 6.61 Å². The van der Waals surface area contributed by atoms with Crippen LogP contribution in [0.4, 0.5) is 0 Å². The van der Waals surface area contributed by atoms with Gasteiger partial charge in [0.2, 0.25) is 0 Å². The highest BCUT2D eigenvalue weighted by atomic mass is 16.4. The van der Waals surface area contributed by atoms with Crippen molar-refractivity contribution >= 4 is 5.78 Å². The maximum absolute atomic E-state index is 14.7. The first-order valence-electron chi connectivity index (χ1n) is 34.5. The number of carbonyl (C=O) groups is 1. The average molecular weight is 1050 g/mol. The standard InChI is InChI=1S/C69H138O5/c1-5-9-13-17-21-25-29-33-37-41-45-49-53-57-61-66(71)68(73,63-59-55-51-47-43-39-35-31-27-23-19-15-11-7-3)69(74,64-60-56-52-48-44-40-36-32-28-24-20-16-12-8-4)67(72,65-70)62-58-54-50-46-42-38-34-30-26-22-18-14-10-6-2/h70,72-74H,5-65H2,1-4H3/t67-,68+,69-/m1/s1. The largest absolute Gasteiger partial charge is 0.393 e. The molecule has 0 fully saturated rings. The Balaban J connectivity index is 5.70. The van der Waals surface area contributed by atoms with E-state index >= 15 is 0 Å². The molecule has 74 heavy (non-hydrogen) atoms. The van der Waals surface area contributed by atoms with Gasteiger partial charge in [0.1, 0.15) is 11.2 Å². The van der Waals surface area contributed by atoms with E-state index in [2.05, 4.69) is 27.7 Å². The summed E-state index contributed by atoms with van der Waals surface area (Å²) in [6.07, 6.45) is 69.3. The first-order valence-corrected chi connectivity index (χ1v) is 34.5. The van der Waals surface area contributed by atoms with E-state index in [1.807, 2.05) is 0 Å². The van der Waals surface area contributed by atoms with Crippen molar-refractivity contribution in [2.24, 2.45) is 0 Å². The van der Waals surface area contributed by atoms with Gasteiger partial charge in [-0.3, -0.25) is 4.79 Å². The van der Waals surface area contributed by atoms with Gasteiger partial charge >= 0.3 is 0 Å². The van der Waals surface area contributed by atoms with Crippen LogP contribution in [0.3, 0.4) is 0 Å². The number of rotatable bonds is 64. The molecule has 0 aromatic carbocycles. The Bertz CT molecular complexity index is 1110. The van der Waals surface area contributed by atoms with Gasteiger partial charge in [-0.15, -0.1) is 0 Å². The summed E-state index contributed by atoms with van der Waals surface area (Å²) >= 11 is 0. The third-order valence-corrected chi connectivity index (χ3v) is 17.7. The highest BCUT2D eigenvalue weighted by molar-refractivity contribution is 5.88. The number of aliphatic hydroxyl groups excluding tert-OH is 1. The van der Waals surface area contributed by atoms with Gasteiger partial charge in [-0.1, -0.05) is 381 Å². The van der Waals surface area contributed by atoms with Crippen molar-refractivity contribution in [1.82, 2.24) is 0 Å². The zero-order valence-corrected chi connectivity index (χ0v) is 51.3. The molecule has 0 aliphatic rings. The average Bonchev–Trinajstić information content (AvgIpc) is 3.40. The van der Waals surface area contributed by atoms with Crippen LogP contribution >= 0.6 is 0 Å². The third kappa shape index (κ3) is 40.7. The van der Waals surface area contributed by atoms with Crippen LogP contribution in [0.2, 0.25) is 0 Å². The summed E-state index contributed by atoms with van der Waals surface area (Å²) in [7, 11) is 0. The van der Waals surface area contributed by atoms with Crippen molar-refractivity contribution in [3.8, 4) is 0 Å². The van der Waals surface area contributed by atoms with Gasteiger partial charge in [-0.25, -0.2) is 0 Å². The second kappa shape index (κ2) is 55.8. The first kappa shape index (κ1) is 73.5. The molecule has 5 heteroatoms. The molecular weight excluding hydrogens is 909 g/mol. The summed E-state index contributed by atoms with van der Waals surface area (Å²) in [6.45, 7) is 8.48. The van der Waals surface area contributed by atoms with Gasteiger partial charge in [0.25, 0.3) is 0 Å². The van der Waals surface area contributed by atoms with Crippen LogP contribution in [-0.4, -0.2) is 49.6 Å². The molecule has 0 aromatic rings. The van der Waals surface area contributed by atoms with Crippen LogP contribution in [0, 0.1) is 0 Å². The number of ketones is 1. The molecule has 0 aromatic heterocycles. The van der Waals surface area contributed by atoms with Crippen molar-refractivity contribution in [3.05, 3.63) is 0 Å². The van der Waals surface area contributed by atoms with E-state index < -0.39 is 23.4 Å². The van der Waals surface area contributed by atoms with Crippen molar-refractivity contribution in [3.63, 3.8) is 0 Å². The van der Waals surface area contributed by atoms with Gasteiger partial charge in [0, 0.05) is 6.42 Å². The molecule has 0 amide bonds. The van der Waals surface area contributed by atoms with Crippen molar-refractivity contribution in [1.29, 1.82) is 0 Å². The topological polar surface area (TPSA) is 98.0 Å². The van der Waals surface area contributed by atoms with Crippen LogP contribution in [0.5, 0.6) is 0 Å². The van der Waals surface area contributed by atoms with Crippen LogP contribution in [0.15, 0.2) is 0 Å². The minimum absolute atomic E-state index is 0.139. The lowest BCUT2D eigenvalue weighted by Crippen LogP contribution is -2.72. The van der Waals surface area contributed by atoms with Crippen LogP contribution in [0.25, 0.3) is 0 Å². The highest BCUT2D eigenvalue weighted by Crippen LogP contribution is 2.45. The Morgan fingerprint density at radius 3 is 0.676 bits per heavy atom. The third-order valence-electron chi connectivity index (χ3n) is 17.7. The SMILES string of the molecule is CCCCCCCCCCCCCCCCC(=O)[C@@](O)(CCCCCCCCCCCCCCCC)[C@@](O)(CCCCCCCCCCCCCCCC)[C@](O)(CO)CCCCCCCCCCCCCCCC. The van der Waals surface area contributed by atoms with Crippen LogP contribution in [0.1, 0.15) is 413 Å². The minimum atomic E-state index is -2.11. The van der Waals surface area contributed by atoms with Crippen molar-refractivity contribution in [2.45, 2.75) is 430 Å². The van der Waals surface area contributed by atoms with Crippen LogP contribution in [-0.2, 0) is 4.79 Å². The van der Waals surface area contributed by atoms with Crippen molar-refractivity contribution < 1.29 is 25.2 Å². The van der Waals surface area contributed by atoms with Crippen molar-refractivity contribution in [2.75, 3.05) is 6.61 Å². The second-order valence-electron chi connectivity index (χ2n) is 24.7. The lowest BCUT2D eigenvalue weighted by Gasteiger charge is -2.52. The van der Waals surface area contributed by atoms with Gasteiger partial charge in [-0.2, -0.15) is 0 Å². The number of unbranched alkanes of at least 4 members (excludes halogenated alkanes) is 52. The second-order valence-corrected chi connectivity index (χ2v) is 24.7. The van der Waals surface area contributed by atoms with Gasteiger partial charge in [-0.05, 0) is 25.7 Å². The van der Waals surface area contributed by atoms with E-state index in [0.29, 0.717) is 25.7 Å². The Hall–Kier alpha value is -0.490. The molecule has 3 atom stereocenters. The maximum atomic E-state index is 14.7. The molecule has 0 aliphatic carbocycles. The van der Waals surface area contributed by atoms with E-state index in [4.69, 9.17) is 0 Å². The van der Waals surface area contributed by atoms with Crippen LogP contribution < -0.4 is 0 Å². The van der Waals surface area contributed by atoms with Gasteiger partial charge < -0.3 is 20.4 Å². The van der Waals surface area contributed by atoms with E-state index in [1.54, 1.807) is 0 Å². The summed E-state index contributed by atoms with van der Waals surface area (Å²) < 4.78 is 0. The number of Topliss-reactive ketones (excluding diaryl/α,β-unsaturated/α-hetero) is 1. The molecule has 0 unspecified atom stereocenters. The molecule has 5 nitrogen and oxygen atoms in total. The molecule has 0 heterocycles. The molecule has 444 valence electrons. The summed E-state index contributed by atoms with van der Waals surface area (Å²) in [6, 6.07) is 0. The fraction of sp³-hybridized carbons (Fsp3) is 0.986. The smallest absolute Gasteiger partial charge is 0.167 e. The Kier molecular flexibility index (Phi) is 55.4. The summed E-state index contributed by atoms with van der Waals surface area (Å²) in [4.78, 5) is 14.7. The predicted molar refractivity (Wildman–Crippen MR) is 327 cm³/mol. The summed E-state index contributed by atoms with van der Waals surface area (Å²) in [5, 5.41) is 49.9. The molecule has 0 saturated carbocycles. The normalized spacial score (nSPS) is 14.4.